The summed E-state index contributed by atoms with van der Waals surface area (Å²) in [5.74, 6) is -1.55. The van der Waals surface area contributed by atoms with Crippen molar-refractivity contribution in [3.8, 4) is 5.75 Å². The Bertz CT molecular complexity index is 349. The van der Waals surface area contributed by atoms with E-state index in [2.05, 4.69) is 4.74 Å². The van der Waals surface area contributed by atoms with Crippen molar-refractivity contribution in [1.82, 2.24) is 0 Å². The molecule has 94 valence electrons. The molecule has 3 nitrogen and oxygen atoms in total. The molecule has 6 heteroatoms. The van der Waals surface area contributed by atoms with Gasteiger partial charge < -0.3 is 9.47 Å². The average Bonchev–Trinajstić information content (AvgIpc) is 2.28. The number of para-hydroxylation sites is 1. The lowest BCUT2D eigenvalue weighted by molar-refractivity contribution is -0.199. The minimum Gasteiger partial charge on any atom is -0.493 e. The molecule has 1 aromatic carbocycles. The molecule has 0 unspecified atom stereocenters. The number of halogens is 3. The first kappa shape index (κ1) is 13.3. The first-order valence-electron chi connectivity index (χ1n) is 4.92. The van der Waals surface area contributed by atoms with Gasteiger partial charge in [0.2, 0.25) is 0 Å². The molecule has 1 aromatic rings. The van der Waals surface area contributed by atoms with Crippen LogP contribution < -0.4 is 4.74 Å². The zero-order valence-electron chi connectivity index (χ0n) is 8.87. The van der Waals surface area contributed by atoms with Gasteiger partial charge in [0.25, 0.3) is 0 Å². The monoisotopic (exact) mass is 248 g/mol. The molecule has 0 radical (unpaired) electrons. The number of ether oxygens (including phenoxy) is 2. The minimum atomic E-state index is -4.93. The van der Waals surface area contributed by atoms with Gasteiger partial charge in [-0.2, -0.15) is 13.2 Å². The van der Waals surface area contributed by atoms with Crippen LogP contribution in [0.4, 0.5) is 13.2 Å². The van der Waals surface area contributed by atoms with Crippen LogP contribution in [0.1, 0.15) is 6.42 Å². The SMILES string of the molecule is O=C(OCCCOc1ccccc1)C(F)(F)F. The van der Waals surface area contributed by atoms with E-state index in [0.717, 1.165) is 0 Å². The van der Waals surface area contributed by atoms with Crippen molar-refractivity contribution in [2.45, 2.75) is 12.6 Å². The highest BCUT2D eigenvalue weighted by Gasteiger charge is 2.40. The van der Waals surface area contributed by atoms with Crippen LogP contribution in [0, 0.1) is 0 Å². The van der Waals surface area contributed by atoms with Crippen LogP contribution in [0.2, 0.25) is 0 Å². The zero-order valence-corrected chi connectivity index (χ0v) is 8.87. The Labute approximate surface area is 96.1 Å². The molecule has 0 saturated carbocycles. The second kappa shape index (κ2) is 6.12. The smallest absolute Gasteiger partial charge is 0.490 e. The molecule has 0 heterocycles. The van der Waals surface area contributed by atoms with Gasteiger partial charge in [-0.25, -0.2) is 4.79 Å². The molecule has 0 fully saturated rings. The second-order valence-corrected chi connectivity index (χ2v) is 3.15. The maximum atomic E-state index is 11.7. The molecule has 17 heavy (non-hydrogen) atoms. The van der Waals surface area contributed by atoms with E-state index in [0.29, 0.717) is 5.75 Å². The van der Waals surface area contributed by atoms with Crippen LogP contribution in [0.3, 0.4) is 0 Å². The quantitative estimate of drug-likeness (QED) is 0.593. The van der Waals surface area contributed by atoms with E-state index in [-0.39, 0.29) is 19.6 Å². The normalized spacial score (nSPS) is 11.0. The summed E-state index contributed by atoms with van der Waals surface area (Å²) < 4.78 is 44.4. The number of carbonyl (C=O) groups is 1. The Balaban J connectivity index is 2.12. The van der Waals surface area contributed by atoms with Gasteiger partial charge in [0.15, 0.2) is 0 Å². The number of esters is 1. The first-order valence-corrected chi connectivity index (χ1v) is 4.92. The van der Waals surface area contributed by atoms with Crippen molar-refractivity contribution < 1.29 is 27.4 Å². The van der Waals surface area contributed by atoms with Crippen molar-refractivity contribution in [3.05, 3.63) is 30.3 Å². The summed E-state index contributed by atoms with van der Waals surface area (Å²) in [5.41, 5.74) is 0. The average molecular weight is 248 g/mol. The summed E-state index contributed by atoms with van der Waals surface area (Å²) in [5, 5.41) is 0. The number of benzene rings is 1. The molecule has 0 spiro atoms. The standard InChI is InChI=1S/C11H11F3O3/c12-11(13,14)10(15)17-8-4-7-16-9-5-2-1-3-6-9/h1-3,5-6H,4,7-8H2. The fraction of sp³-hybridized carbons (Fsp3) is 0.364. The van der Waals surface area contributed by atoms with Gasteiger partial charge in [-0.3, -0.25) is 0 Å². The Kier molecular flexibility index (Phi) is 4.81. The largest absolute Gasteiger partial charge is 0.493 e. The first-order chi connectivity index (χ1) is 8.00. The van der Waals surface area contributed by atoms with Crippen molar-refractivity contribution in [2.24, 2.45) is 0 Å². The number of hydrogen-bond donors (Lipinski definition) is 0. The van der Waals surface area contributed by atoms with E-state index >= 15 is 0 Å². The highest BCUT2D eigenvalue weighted by molar-refractivity contribution is 5.75. The predicted octanol–water partition coefficient (Wildman–Crippen LogP) is 2.56. The van der Waals surface area contributed by atoms with Gasteiger partial charge >= 0.3 is 12.1 Å². The maximum absolute atomic E-state index is 11.7. The lowest BCUT2D eigenvalue weighted by Crippen LogP contribution is -2.26. The molecule has 0 aromatic heterocycles. The Morgan fingerprint density at radius 3 is 2.35 bits per heavy atom. The summed E-state index contributed by atoms with van der Waals surface area (Å²) in [7, 11) is 0. The van der Waals surface area contributed by atoms with Gasteiger partial charge in [-0.15, -0.1) is 0 Å². The molecule has 0 aliphatic carbocycles. The Hall–Kier alpha value is -1.72. The minimum absolute atomic E-state index is 0.190. The predicted molar refractivity (Wildman–Crippen MR) is 53.6 cm³/mol. The summed E-state index contributed by atoms with van der Waals surface area (Å²) >= 11 is 0. The van der Waals surface area contributed by atoms with Crippen molar-refractivity contribution >= 4 is 5.97 Å². The van der Waals surface area contributed by atoms with Crippen LogP contribution in [0.15, 0.2) is 30.3 Å². The fourth-order valence-corrected chi connectivity index (χ4v) is 1.01. The van der Waals surface area contributed by atoms with Crippen molar-refractivity contribution in [2.75, 3.05) is 13.2 Å². The Morgan fingerprint density at radius 1 is 1.12 bits per heavy atom. The molecule has 0 aliphatic rings. The maximum Gasteiger partial charge on any atom is 0.490 e. The highest BCUT2D eigenvalue weighted by atomic mass is 19.4. The van der Waals surface area contributed by atoms with E-state index in [4.69, 9.17) is 4.74 Å². The molecule has 0 atom stereocenters. The third-order valence-corrected chi connectivity index (χ3v) is 1.77. The summed E-state index contributed by atoms with van der Waals surface area (Å²) in [6.07, 6.45) is -4.73. The lowest BCUT2D eigenvalue weighted by atomic mass is 10.3. The summed E-state index contributed by atoms with van der Waals surface area (Å²) in [4.78, 5) is 10.3. The van der Waals surface area contributed by atoms with Crippen LogP contribution in [-0.2, 0) is 9.53 Å². The van der Waals surface area contributed by atoms with E-state index in [1.165, 1.54) is 0 Å². The summed E-state index contributed by atoms with van der Waals surface area (Å²) in [6, 6.07) is 8.82. The van der Waals surface area contributed by atoms with Crippen LogP contribution in [-0.4, -0.2) is 25.4 Å². The van der Waals surface area contributed by atoms with Crippen molar-refractivity contribution in [1.29, 1.82) is 0 Å². The molecule has 0 N–H and O–H groups in total. The zero-order chi connectivity index (χ0) is 12.7. The number of rotatable bonds is 5. The van der Waals surface area contributed by atoms with Crippen LogP contribution >= 0.6 is 0 Å². The molecular formula is C11H11F3O3. The van der Waals surface area contributed by atoms with Gasteiger partial charge in [0, 0.05) is 6.42 Å². The molecule has 0 aliphatic heterocycles. The third kappa shape index (κ3) is 5.24. The molecule has 0 amide bonds. The van der Waals surface area contributed by atoms with E-state index in [1.54, 1.807) is 24.3 Å². The number of alkyl halides is 3. The fourth-order valence-electron chi connectivity index (χ4n) is 1.01. The van der Waals surface area contributed by atoms with Crippen LogP contribution in [0.25, 0.3) is 0 Å². The van der Waals surface area contributed by atoms with Crippen LogP contribution in [0.5, 0.6) is 5.75 Å². The highest BCUT2D eigenvalue weighted by Crippen LogP contribution is 2.16. The van der Waals surface area contributed by atoms with E-state index < -0.39 is 12.1 Å². The topological polar surface area (TPSA) is 35.5 Å². The Morgan fingerprint density at radius 2 is 1.76 bits per heavy atom. The molecular weight excluding hydrogens is 237 g/mol. The summed E-state index contributed by atoms with van der Waals surface area (Å²) in [6.45, 7) is -0.125. The van der Waals surface area contributed by atoms with Gasteiger partial charge in [0.05, 0.1) is 13.2 Å². The van der Waals surface area contributed by atoms with E-state index in [1.807, 2.05) is 6.07 Å². The van der Waals surface area contributed by atoms with E-state index in [9.17, 15) is 18.0 Å². The second-order valence-electron chi connectivity index (χ2n) is 3.15. The van der Waals surface area contributed by atoms with Gasteiger partial charge in [0.1, 0.15) is 5.75 Å². The number of hydrogen-bond acceptors (Lipinski definition) is 3. The molecule has 1 rings (SSSR count). The van der Waals surface area contributed by atoms with Gasteiger partial charge in [-0.05, 0) is 12.1 Å². The molecule has 0 bridgehead atoms. The lowest BCUT2D eigenvalue weighted by Gasteiger charge is -2.08. The van der Waals surface area contributed by atoms with Crippen molar-refractivity contribution in [3.63, 3.8) is 0 Å². The third-order valence-electron chi connectivity index (χ3n) is 1.77. The molecule has 0 saturated heterocycles. The van der Waals surface area contributed by atoms with Gasteiger partial charge in [-0.1, -0.05) is 18.2 Å². The number of carbonyl (C=O) groups excluding carboxylic acids is 1.